The molecule has 0 aliphatic rings. The molecule has 3 rings (SSSR count). The maximum atomic E-state index is 4.15. The SMILES string of the molecule is c1ccc(CNCc2cn[nH]c2-c2cccs2)cc1. The van der Waals surface area contributed by atoms with Crippen LogP contribution >= 0.6 is 11.3 Å². The van der Waals surface area contributed by atoms with Crippen molar-refractivity contribution in [2.45, 2.75) is 13.1 Å². The largest absolute Gasteiger partial charge is 0.308 e. The molecule has 0 saturated heterocycles. The first-order valence-corrected chi connectivity index (χ1v) is 7.12. The molecule has 19 heavy (non-hydrogen) atoms. The minimum absolute atomic E-state index is 0.818. The molecule has 3 nitrogen and oxygen atoms in total. The third-order valence-electron chi connectivity index (χ3n) is 2.97. The van der Waals surface area contributed by atoms with E-state index in [-0.39, 0.29) is 0 Å². The van der Waals surface area contributed by atoms with Crippen LogP contribution in [-0.2, 0) is 13.1 Å². The number of nitrogens with one attached hydrogen (secondary N) is 2. The van der Waals surface area contributed by atoms with E-state index in [1.807, 2.05) is 12.3 Å². The molecule has 2 N–H and O–H groups in total. The van der Waals surface area contributed by atoms with Gasteiger partial charge in [0.25, 0.3) is 0 Å². The molecule has 0 spiro atoms. The number of hydrogen-bond acceptors (Lipinski definition) is 3. The van der Waals surface area contributed by atoms with Crippen LogP contribution in [-0.4, -0.2) is 10.2 Å². The molecule has 0 unspecified atom stereocenters. The summed E-state index contributed by atoms with van der Waals surface area (Å²) in [6.45, 7) is 1.69. The van der Waals surface area contributed by atoms with Crippen molar-refractivity contribution < 1.29 is 0 Å². The quantitative estimate of drug-likeness (QED) is 0.745. The molecular formula is C15H15N3S. The summed E-state index contributed by atoms with van der Waals surface area (Å²) in [5.41, 5.74) is 3.62. The van der Waals surface area contributed by atoms with Crippen LogP contribution in [0.5, 0.6) is 0 Å². The maximum absolute atomic E-state index is 4.15. The molecule has 0 saturated carbocycles. The zero-order chi connectivity index (χ0) is 12.9. The average molecular weight is 269 g/mol. The fourth-order valence-electron chi connectivity index (χ4n) is 2.02. The molecule has 2 heterocycles. The fraction of sp³-hybridized carbons (Fsp3) is 0.133. The summed E-state index contributed by atoms with van der Waals surface area (Å²) in [6.07, 6.45) is 1.90. The fourth-order valence-corrected chi connectivity index (χ4v) is 2.77. The molecule has 3 aromatic rings. The van der Waals surface area contributed by atoms with Gasteiger partial charge in [-0.1, -0.05) is 36.4 Å². The first kappa shape index (κ1) is 12.1. The summed E-state index contributed by atoms with van der Waals surface area (Å²) < 4.78 is 0. The molecule has 1 aromatic carbocycles. The molecule has 0 atom stereocenters. The van der Waals surface area contributed by atoms with Gasteiger partial charge in [-0.2, -0.15) is 5.10 Å². The van der Waals surface area contributed by atoms with E-state index >= 15 is 0 Å². The molecule has 0 aliphatic heterocycles. The van der Waals surface area contributed by atoms with Gasteiger partial charge in [0, 0.05) is 18.7 Å². The van der Waals surface area contributed by atoms with Crippen LogP contribution in [0.4, 0.5) is 0 Å². The number of benzene rings is 1. The summed E-state index contributed by atoms with van der Waals surface area (Å²) in [6, 6.07) is 14.6. The van der Waals surface area contributed by atoms with Crippen LogP contribution in [0.25, 0.3) is 10.6 Å². The van der Waals surface area contributed by atoms with Crippen molar-refractivity contribution in [2.75, 3.05) is 0 Å². The van der Waals surface area contributed by atoms with E-state index in [4.69, 9.17) is 0 Å². The lowest BCUT2D eigenvalue weighted by Crippen LogP contribution is -2.12. The van der Waals surface area contributed by atoms with Gasteiger partial charge >= 0.3 is 0 Å². The molecule has 0 radical (unpaired) electrons. The van der Waals surface area contributed by atoms with Gasteiger partial charge in [-0.15, -0.1) is 11.3 Å². The Hall–Kier alpha value is -1.91. The zero-order valence-corrected chi connectivity index (χ0v) is 11.3. The van der Waals surface area contributed by atoms with Gasteiger partial charge in [0.05, 0.1) is 16.8 Å². The smallest absolute Gasteiger partial charge is 0.0794 e. The third-order valence-corrected chi connectivity index (χ3v) is 3.86. The molecule has 0 aliphatic carbocycles. The van der Waals surface area contributed by atoms with E-state index < -0.39 is 0 Å². The average Bonchev–Trinajstić information content (AvgIpc) is 3.10. The Morgan fingerprint density at radius 1 is 1.05 bits per heavy atom. The second-order valence-electron chi connectivity index (χ2n) is 4.34. The first-order chi connectivity index (χ1) is 9.43. The lowest BCUT2D eigenvalue weighted by Gasteiger charge is -2.04. The lowest BCUT2D eigenvalue weighted by molar-refractivity contribution is 0.694. The van der Waals surface area contributed by atoms with Crippen molar-refractivity contribution in [1.82, 2.24) is 15.5 Å². The van der Waals surface area contributed by atoms with Gasteiger partial charge in [0.15, 0.2) is 0 Å². The monoisotopic (exact) mass is 269 g/mol. The highest BCUT2D eigenvalue weighted by molar-refractivity contribution is 7.13. The van der Waals surface area contributed by atoms with Crippen LogP contribution < -0.4 is 5.32 Å². The van der Waals surface area contributed by atoms with E-state index in [1.54, 1.807) is 11.3 Å². The van der Waals surface area contributed by atoms with Crippen LogP contribution in [0, 0.1) is 0 Å². The predicted molar refractivity (Wildman–Crippen MR) is 78.9 cm³/mol. The Balaban J connectivity index is 1.64. The highest BCUT2D eigenvalue weighted by atomic mass is 32.1. The van der Waals surface area contributed by atoms with Crippen LogP contribution in [0.3, 0.4) is 0 Å². The standard InChI is InChI=1S/C15H15N3S/c1-2-5-12(6-3-1)9-16-10-13-11-17-18-15(13)14-7-4-8-19-14/h1-8,11,16H,9-10H2,(H,17,18). The molecule has 0 fully saturated rings. The van der Waals surface area contributed by atoms with Crippen molar-refractivity contribution in [2.24, 2.45) is 0 Å². The third kappa shape index (κ3) is 2.92. The number of nitrogens with zero attached hydrogens (tertiary/aromatic N) is 1. The molecule has 2 aromatic heterocycles. The van der Waals surface area contributed by atoms with Gasteiger partial charge in [-0.25, -0.2) is 0 Å². The van der Waals surface area contributed by atoms with E-state index in [0.29, 0.717) is 0 Å². The molecule has 96 valence electrons. The summed E-state index contributed by atoms with van der Waals surface area (Å²) in [5.74, 6) is 0. The van der Waals surface area contributed by atoms with Crippen molar-refractivity contribution in [3.63, 3.8) is 0 Å². The van der Waals surface area contributed by atoms with Gasteiger partial charge in [0.2, 0.25) is 0 Å². The van der Waals surface area contributed by atoms with E-state index in [9.17, 15) is 0 Å². The van der Waals surface area contributed by atoms with Crippen LogP contribution in [0.2, 0.25) is 0 Å². The van der Waals surface area contributed by atoms with E-state index in [2.05, 4.69) is 57.3 Å². The number of rotatable bonds is 5. The normalized spacial score (nSPS) is 10.7. The summed E-state index contributed by atoms with van der Waals surface area (Å²) in [5, 5.41) is 12.8. The highest BCUT2D eigenvalue weighted by Crippen LogP contribution is 2.25. The highest BCUT2D eigenvalue weighted by Gasteiger charge is 2.07. The van der Waals surface area contributed by atoms with Gasteiger partial charge in [-0.3, -0.25) is 5.10 Å². The number of hydrogen-bond donors (Lipinski definition) is 2. The first-order valence-electron chi connectivity index (χ1n) is 6.24. The maximum Gasteiger partial charge on any atom is 0.0794 e. The second kappa shape index (κ2) is 5.82. The summed E-state index contributed by atoms with van der Waals surface area (Å²) in [7, 11) is 0. The van der Waals surface area contributed by atoms with Crippen molar-refractivity contribution in [3.05, 3.63) is 65.2 Å². The van der Waals surface area contributed by atoms with Crippen LogP contribution in [0.1, 0.15) is 11.1 Å². The number of aromatic amines is 1. The Bertz CT molecular complexity index is 614. The Labute approximate surface area is 116 Å². The van der Waals surface area contributed by atoms with E-state index in [1.165, 1.54) is 16.0 Å². The Morgan fingerprint density at radius 2 is 1.95 bits per heavy atom. The number of H-pyrrole nitrogens is 1. The van der Waals surface area contributed by atoms with E-state index in [0.717, 1.165) is 18.8 Å². The molecule has 0 bridgehead atoms. The predicted octanol–water partition coefficient (Wildman–Crippen LogP) is 3.43. The zero-order valence-electron chi connectivity index (χ0n) is 10.5. The number of aromatic nitrogens is 2. The second-order valence-corrected chi connectivity index (χ2v) is 5.28. The minimum atomic E-state index is 0.818. The topological polar surface area (TPSA) is 40.7 Å². The minimum Gasteiger partial charge on any atom is -0.308 e. The van der Waals surface area contributed by atoms with Gasteiger partial charge < -0.3 is 5.32 Å². The van der Waals surface area contributed by atoms with Crippen molar-refractivity contribution in [1.29, 1.82) is 0 Å². The number of thiophene rings is 1. The Kier molecular flexibility index (Phi) is 3.72. The lowest BCUT2D eigenvalue weighted by atomic mass is 10.2. The van der Waals surface area contributed by atoms with Crippen molar-refractivity contribution in [3.8, 4) is 10.6 Å². The summed E-state index contributed by atoms with van der Waals surface area (Å²) in [4.78, 5) is 1.23. The molecule has 0 amide bonds. The molecule has 4 heteroatoms. The van der Waals surface area contributed by atoms with Gasteiger partial charge in [-0.05, 0) is 17.0 Å². The molecular weight excluding hydrogens is 254 g/mol. The van der Waals surface area contributed by atoms with Crippen molar-refractivity contribution >= 4 is 11.3 Å². The van der Waals surface area contributed by atoms with Gasteiger partial charge in [0.1, 0.15) is 0 Å². The summed E-state index contributed by atoms with van der Waals surface area (Å²) >= 11 is 1.73. The Morgan fingerprint density at radius 3 is 2.74 bits per heavy atom. The van der Waals surface area contributed by atoms with Crippen LogP contribution in [0.15, 0.2) is 54.0 Å².